The predicted octanol–water partition coefficient (Wildman–Crippen LogP) is 2.48. The molecule has 2 amide bonds. The highest BCUT2D eigenvalue weighted by molar-refractivity contribution is 7.89. The van der Waals surface area contributed by atoms with Crippen LogP contribution in [-0.2, 0) is 26.2 Å². The lowest BCUT2D eigenvalue weighted by Crippen LogP contribution is -2.30. The Morgan fingerprint density at radius 3 is 2.58 bits per heavy atom. The van der Waals surface area contributed by atoms with Crippen molar-refractivity contribution >= 4 is 50.7 Å². The van der Waals surface area contributed by atoms with Crippen molar-refractivity contribution in [1.29, 1.82) is 0 Å². The van der Waals surface area contributed by atoms with Gasteiger partial charge in [0.1, 0.15) is 11.6 Å². The van der Waals surface area contributed by atoms with Crippen LogP contribution >= 0.6 is 23.2 Å². The fourth-order valence-electron chi connectivity index (χ4n) is 3.06. The van der Waals surface area contributed by atoms with E-state index in [2.05, 4.69) is 26.4 Å². The molecule has 0 spiro atoms. The molecule has 0 radical (unpaired) electrons. The van der Waals surface area contributed by atoms with Gasteiger partial charge in [-0.3, -0.25) is 14.4 Å². The monoisotopic (exact) mass is 555 g/mol. The molecule has 0 aliphatic carbocycles. The third-order valence-corrected chi connectivity index (χ3v) is 7.29. The molecule has 0 saturated carbocycles. The number of halogens is 2. The van der Waals surface area contributed by atoms with E-state index in [9.17, 15) is 22.8 Å². The van der Waals surface area contributed by atoms with Crippen LogP contribution in [0.5, 0.6) is 0 Å². The number of amides is 2. The molecule has 0 fully saturated rings. The van der Waals surface area contributed by atoms with Gasteiger partial charge in [-0.15, -0.1) is 12.3 Å². The number of nitrogens with zero attached hydrogens (tertiary/aromatic N) is 2. The Hall–Kier alpha value is -2.91. The number of carbonyl (C=O) groups is 2. The van der Waals surface area contributed by atoms with E-state index < -0.39 is 28.0 Å². The van der Waals surface area contributed by atoms with Gasteiger partial charge in [-0.25, -0.2) is 17.8 Å². The maximum absolute atomic E-state index is 12.8. The summed E-state index contributed by atoms with van der Waals surface area (Å²) in [6.07, 6.45) is 8.96. The van der Waals surface area contributed by atoms with Gasteiger partial charge in [-0.05, 0) is 43.9 Å². The highest BCUT2D eigenvalue weighted by Crippen LogP contribution is 2.20. The van der Waals surface area contributed by atoms with Crippen LogP contribution in [0.1, 0.15) is 37.7 Å². The van der Waals surface area contributed by atoms with Crippen LogP contribution in [0.4, 0.5) is 5.69 Å². The zero-order chi connectivity index (χ0) is 26.7. The number of sulfonamides is 1. The van der Waals surface area contributed by atoms with E-state index in [0.717, 1.165) is 10.9 Å². The van der Waals surface area contributed by atoms with Crippen molar-refractivity contribution in [2.24, 2.45) is 0 Å². The SMILES string of the molecule is C#CCCCC(=O)NCCCCNS(=O)(=O)c1cc(NC(=O)Cn2ncc(Cl)c(Cl)c2=O)ccc1C. The number of carbonyl (C=O) groups excluding carboxylic acids is 2. The van der Waals surface area contributed by atoms with Crippen LogP contribution in [0.15, 0.2) is 34.1 Å². The Morgan fingerprint density at radius 2 is 1.86 bits per heavy atom. The lowest BCUT2D eigenvalue weighted by molar-refractivity contribution is -0.121. The van der Waals surface area contributed by atoms with Crippen molar-refractivity contribution in [3.8, 4) is 12.3 Å². The smallest absolute Gasteiger partial charge is 0.287 e. The Bertz CT molecular complexity index is 1300. The molecule has 13 heteroatoms. The van der Waals surface area contributed by atoms with E-state index in [1.807, 2.05) is 0 Å². The summed E-state index contributed by atoms with van der Waals surface area (Å²) < 4.78 is 29.0. The van der Waals surface area contributed by atoms with E-state index in [4.69, 9.17) is 29.6 Å². The fourth-order valence-corrected chi connectivity index (χ4v) is 4.68. The Morgan fingerprint density at radius 1 is 1.14 bits per heavy atom. The number of benzene rings is 1. The number of hydrogen-bond donors (Lipinski definition) is 3. The Labute approximate surface area is 219 Å². The molecule has 3 N–H and O–H groups in total. The predicted molar refractivity (Wildman–Crippen MR) is 138 cm³/mol. The van der Waals surface area contributed by atoms with Gasteiger partial charge in [0.15, 0.2) is 0 Å². The van der Waals surface area contributed by atoms with Crippen molar-refractivity contribution in [3.63, 3.8) is 0 Å². The normalized spacial score (nSPS) is 11.1. The molecule has 0 aliphatic rings. The third-order valence-electron chi connectivity index (χ3n) is 4.94. The van der Waals surface area contributed by atoms with Crippen LogP contribution in [0, 0.1) is 19.3 Å². The van der Waals surface area contributed by atoms with Gasteiger partial charge in [0.05, 0.1) is 16.1 Å². The topological polar surface area (TPSA) is 139 Å². The minimum absolute atomic E-state index is 0.00643. The zero-order valence-corrected chi connectivity index (χ0v) is 22.0. The largest absolute Gasteiger partial charge is 0.356 e. The fraction of sp³-hybridized carbons (Fsp3) is 0.391. The first kappa shape index (κ1) is 29.3. The minimum Gasteiger partial charge on any atom is -0.356 e. The number of hydrogen-bond acceptors (Lipinski definition) is 6. The second kappa shape index (κ2) is 14.0. The quantitative estimate of drug-likeness (QED) is 0.256. The molecule has 0 atom stereocenters. The highest BCUT2D eigenvalue weighted by Gasteiger charge is 2.18. The maximum atomic E-state index is 12.8. The molecule has 1 aromatic carbocycles. The van der Waals surface area contributed by atoms with Gasteiger partial charge in [0, 0.05) is 31.6 Å². The Kier molecular flexibility index (Phi) is 11.4. The van der Waals surface area contributed by atoms with Crippen LogP contribution in [-0.4, -0.2) is 43.1 Å². The molecular formula is C23H27Cl2N5O5S. The van der Waals surface area contributed by atoms with Gasteiger partial charge < -0.3 is 10.6 Å². The number of terminal acetylenes is 1. The van der Waals surface area contributed by atoms with Gasteiger partial charge in [-0.1, -0.05) is 29.3 Å². The second-order valence-corrected chi connectivity index (χ2v) is 10.3. The van der Waals surface area contributed by atoms with E-state index in [-0.39, 0.29) is 33.1 Å². The molecule has 0 aliphatic heterocycles. The first-order chi connectivity index (χ1) is 17.0. The van der Waals surface area contributed by atoms with Crippen LogP contribution in [0.2, 0.25) is 10.0 Å². The van der Waals surface area contributed by atoms with Crippen molar-refractivity contribution in [2.75, 3.05) is 18.4 Å². The van der Waals surface area contributed by atoms with E-state index in [1.54, 1.807) is 19.1 Å². The highest BCUT2D eigenvalue weighted by atomic mass is 35.5. The number of aromatic nitrogens is 2. The number of anilines is 1. The number of nitrogens with one attached hydrogen (secondary N) is 3. The number of unbranched alkanes of at least 4 members (excludes halogenated alkanes) is 2. The molecule has 1 heterocycles. The van der Waals surface area contributed by atoms with Crippen LogP contribution in [0.25, 0.3) is 0 Å². The average molecular weight is 556 g/mol. The summed E-state index contributed by atoms with van der Waals surface area (Å²) in [7, 11) is -3.85. The summed E-state index contributed by atoms with van der Waals surface area (Å²) in [6, 6.07) is 4.43. The lowest BCUT2D eigenvalue weighted by Gasteiger charge is -2.12. The zero-order valence-electron chi connectivity index (χ0n) is 19.6. The molecule has 1 aromatic heterocycles. The molecule has 2 aromatic rings. The van der Waals surface area contributed by atoms with Crippen molar-refractivity contribution < 1.29 is 18.0 Å². The third kappa shape index (κ3) is 8.95. The first-order valence-corrected chi connectivity index (χ1v) is 13.3. The molecule has 2 rings (SSSR count). The van der Waals surface area contributed by atoms with E-state index in [0.29, 0.717) is 44.2 Å². The van der Waals surface area contributed by atoms with Crippen LogP contribution < -0.4 is 20.9 Å². The number of aryl methyl sites for hydroxylation is 1. The molecule has 194 valence electrons. The van der Waals surface area contributed by atoms with Gasteiger partial charge in [0.25, 0.3) is 5.56 Å². The lowest BCUT2D eigenvalue weighted by atomic mass is 10.2. The average Bonchev–Trinajstić information content (AvgIpc) is 2.83. The van der Waals surface area contributed by atoms with Gasteiger partial charge >= 0.3 is 0 Å². The van der Waals surface area contributed by atoms with E-state index in [1.165, 1.54) is 6.07 Å². The molecular weight excluding hydrogens is 529 g/mol. The molecule has 0 saturated heterocycles. The van der Waals surface area contributed by atoms with Crippen molar-refractivity contribution in [3.05, 3.63) is 50.4 Å². The van der Waals surface area contributed by atoms with Crippen molar-refractivity contribution in [2.45, 2.75) is 50.5 Å². The summed E-state index contributed by atoms with van der Waals surface area (Å²) in [5, 5.41) is 8.80. The maximum Gasteiger partial charge on any atom is 0.287 e. The van der Waals surface area contributed by atoms with E-state index >= 15 is 0 Å². The number of rotatable bonds is 13. The Balaban J connectivity index is 1.90. The van der Waals surface area contributed by atoms with Gasteiger partial charge in [-0.2, -0.15) is 5.10 Å². The summed E-state index contributed by atoms with van der Waals surface area (Å²) >= 11 is 11.5. The summed E-state index contributed by atoms with van der Waals surface area (Å²) in [5.41, 5.74) is -0.00659. The molecule has 0 bridgehead atoms. The summed E-state index contributed by atoms with van der Waals surface area (Å²) in [5.74, 6) is 1.79. The van der Waals surface area contributed by atoms with Crippen LogP contribution in [0.3, 0.4) is 0 Å². The van der Waals surface area contributed by atoms with Crippen molar-refractivity contribution in [1.82, 2.24) is 19.8 Å². The summed E-state index contributed by atoms with van der Waals surface area (Å²) in [6.45, 7) is 1.81. The summed E-state index contributed by atoms with van der Waals surface area (Å²) in [4.78, 5) is 36.1. The molecule has 10 nitrogen and oxygen atoms in total. The standard InChI is InChI=1S/C23H27Cl2N5O5S/c1-3-4-5-8-20(31)26-11-6-7-12-28-36(34,35)19-13-17(10-9-16(19)2)29-21(32)15-30-23(33)22(25)18(24)14-27-30/h1,9-10,13-14,28H,4-8,11-12,15H2,2H3,(H,26,31)(H,29,32). The van der Waals surface area contributed by atoms with Gasteiger partial charge in [0.2, 0.25) is 21.8 Å². The molecule has 36 heavy (non-hydrogen) atoms. The molecule has 0 unspecified atom stereocenters. The second-order valence-electron chi connectivity index (χ2n) is 7.81. The first-order valence-electron chi connectivity index (χ1n) is 11.1. The minimum atomic E-state index is -3.85.